The summed E-state index contributed by atoms with van der Waals surface area (Å²) >= 11 is 0. The summed E-state index contributed by atoms with van der Waals surface area (Å²) in [6.07, 6.45) is 35.0. The lowest BCUT2D eigenvalue weighted by atomic mass is 10.00. The third kappa shape index (κ3) is 58.1. The molecule has 15 heteroatoms. The van der Waals surface area contributed by atoms with Crippen LogP contribution in [0.15, 0.2) is 18.7 Å². The first kappa shape index (κ1) is 90.7. The summed E-state index contributed by atoms with van der Waals surface area (Å²) in [6.45, 7) is 44.3. The standard InChI is InChI=1S/5C7H15N.C6H14N2.3C6H13N.C5H11NO.C5H11N.C4H6N2.2CH4/c6*1-7-3-5-8(2)6-4-7;3*1-7-5-3-2-4-6-7;1-6-2-4-7-5-3-6;1-6-4-2-3-5-6;1-6-3-2-5-4-6;;/h5*7H,3-6H2,1-2H3;3-6H2,1-2H3;3*2-6H2,1H3;2-5H2,1H3;2-5H2,1H3;2-4H,1H3;2*1H4. The van der Waals surface area contributed by atoms with Gasteiger partial charge in [-0.15, -0.1) is 0 Å². The lowest BCUT2D eigenvalue weighted by Crippen LogP contribution is -2.42. The van der Waals surface area contributed by atoms with E-state index in [1.54, 1.807) is 12.5 Å². The van der Waals surface area contributed by atoms with E-state index in [1.807, 2.05) is 17.8 Å². The van der Waals surface area contributed by atoms with Gasteiger partial charge in [-0.05, 0) is 348 Å². The van der Waals surface area contributed by atoms with E-state index < -0.39 is 0 Å². The second-order valence-electron chi connectivity index (χ2n) is 29.8. The zero-order chi connectivity index (χ0) is 65.2. The van der Waals surface area contributed by atoms with Crippen molar-refractivity contribution in [3.05, 3.63) is 18.7 Å². The summed E-state index contributed by atoms with van der Waals surface area (Å²) in [4.78, 5) is 32.3. The Bertz CT molecular complexity index is 1260. The van der Waals surface area contributed by atoms with Crippen LogP contribution < -0.4 is 0 Å². The molecule has 11 aliphatic heterocycles. The highest BCUT2D eigenvalue weighted by Gasteiger charge is 2.15. The van der Waals surface area contributed by atoms with Gasteiger partial charge in [0, 0.05) is 58.7 Å². The van der Waals surface area contributed by atoms with Crippen molar-refractivity contribution in [1.29, 1.82) is 0 Å². The number of morpholine rings is 1. The van der Waals surface area contributed by atoms with Gasteiger partial charge in [0.2, 0.25) is 0 Å². The average Bonchev–Trinajstić information content (AvgIpc) is 4.27. The third-order valence-electron chi connectivity index (χ3n) is 19.7. The van der Waals surface area contributed by atoms with Gasteiger partial charge in [0.1, 0.15) is 0 Å². The maximum Gasteiger partial charge on any atom is 0.0943 e. The number of aryl methyl sites for hydroxylation is 1. The van der Waals surface area contributed by atoms with E-state index in [0.717, 1.165) is 55.9 Å². The number of imidazole rings is 1. The van der Waals surface area contributed by atoms with Gasteiger partial charge in [-0.3, -0.25) is 0 Å². The van der Waals surface area contributed by atoms with Crippen molar-refractivity contribution in [2.24, 2.45) is 36.6 Å². The normalized spacial score (nSPS) is 24.2. The molecule has 12 heterocycles. The highest BCUT2D eigenvalue weighted by molar-refractivity contribution is 4.72. The van der Waals surface area contributed by atoms with Crippen LogP contribution >= 0.6 is 0 Å². The van der Waals surface area contributed by atoms with E-state index in [9.17, 15) is 0 Å². The van der Waals surface area contributed by atoms with Gasteiger partial charge in [0.15, 0.2) is 0 Å². The molecule has 0 aliphatic carbocycles. The Hall–Kier alpha value is -1.31. The first-order valence-corrected chi connectivity index (χ1v) is 36.8. The fourth-order valence-corrected chi connectivity index (χ4v) is 11.6. The molecular weight excluding hydrogens is 1110 g/mol. The van der Waals surface area contributed by atoms with Crippen molar-refractivity contribution in [3.8, 4) is 0 Å². The highest BCUT2D eigenvalue weighted by Crippen LogP contribution is 2.17. The SMILES string of the molecule is C.C.CC1CCN(C)CC1.CC1CCN(C)CC1.CC1CCN(C)CC1.CC1CCN(C)CC1.CC1CCN(C)CC1.CN1CCCC1.CN1CCCCC1.CN1CCCCC1.CN1CCCCC1.CN1CCN(C)CC1.CN1CCOCC1.Cn1ccnc1. The molecule has 90 heavy (non-hydrogen) atoms. The van der Waals surface area contributed by atoms with Crippen LogP contribution in [0.2, 0.25) is 0 Å². The Kier molecular flexibility index (Phi) is 60.6. The Morgan fingerprint density at radius 2 is 0.422 bits per heavy atom. The maximum atomic E-state index is 5.10. The van der Waals surface area contributed by atoms with Gasteiger partial charge in [0.25, 0.3) is 0 Å². The summed E-state index contributed by atoms with van der Waals surface area (Å²) in [5.41, 5.74) is 0. The van der Waals surface area contributed by atoms with Crippen molar-refractivity contribution in [3.63, 3.8) is 0 Å². The summed E-state index contributed by atoms with van der Waals surface area (Å²) in [5.74, 6) is 4.89. The predicted molar refractivity (Wildman–Crippen MR) is 400 cm³/mol. The summed E-state index contributed by atoms with van der Waals surface area (Å²) < 4.78 is 6.99. The van der Waals surface area contributed by atoms with E-state index in [1.165, 1.54) is 279 Å². The lowest BCUT2D eigenvalue weighted by molar-refractivity contribution is 0.0503. The van der Waals surface area contributed by atoms with E-state index in [-0.39, 0.29) is 14.9 Å². The minimum atomic E-state index is 0. The number of likely N-dealkylation sites (N-methyl/N-ethyl adjacent to an activating group) is 3. The summed E-state index contributed by atoms with van der Waals surface area (Å²) in [7, 11) is 28.2. The zero-order valence-corrected chi connectivity index (χ0v) is 62.5. The molecule has 11 fully saturated rings. The van der Waals surface area contributed by atoms with Gasteiger partial charge in [-0.1, -0.05) is 68.7 Å². The number of rotatable bonds is 0. The van der Waals surface area contributed by atoms with Crippen LogP contribution in [0, 0.1) is 29.6 Å². The van der Waals surface area contributed by atoms with Crippen LogP contribution in [0.4, 0.5) is 0 Å². The molecule has 0 spiro atoms. The number of piperazine rings is 1. The Morgan fingerprint density at radius 1 is 0.244 bits per heavy atom. The fraction of sp³-hybridized carbons (Fsp3) is 0.960. The Balaban J connectivity index is 0. The summed E-state index contributed by atoms with van der Waals surface area (Å²) in [6, 6.07) is 0. The second-order valence-corrected chi connectivity index (χ2v) is 29.8. The molecule has 540 valence electrons. The quantitative estimate of drug-likeness (QED) is 0.248. The molecule has 0 saturated carbocycles. The topological polar surface area (TPSA) is 65.9 Å². The number of piperidine rings is 8. The van der Waals surface area contributed by atoms with Crippen molar-refractivity contribution >= 4 is 0 Å². The van der Waals surface area contributed by atoms with E-state index in [0.29, 0.717) is 0 Å². The van der Waals surface area contributed by atoms with E-state index in [2.05, 4.69) is 183 Å². The molecular formula is C75H164N14O. The van der Waals surface area contributed by atoms with Crippen LogP contribution in [0.5, 0.6) is 0 Å². The molecule has 0 radical (unpaired) electrons. The van der Waals surface area contributed by atoms with Crippen LogP contribution in [0.3, 0.4) is 0 Å². The largest absolute Gasteiger partial charge is 0.379 e. The lowest BCUT2D eigenvalue weighted by Gasteiger charge is -2.28. The molecule has 1 aromatic rings. The third-order valence-corrected chi connectivity index (χ3v) is 19.7. The molecule has 0 aromatic carbocycles. The van der Waals surface area contributed by atoms with Gasteiger partial charge >= 0.3 is 0 Å². The molecule has 11 aliphatic rings. The molecule has 11 saturated heterocycles. The van der Waals surface area contributed by atoms with Crippen molar-refractivity contribution in [2.45, 2.75) is 184 Å². The average molecular weight is 1280 g/mol. The number of hydrogen-bond donors (Lipinski definition) is 0. The predicted octanol–water partition coefficient (Wildman–Crippen LogP) is 12.3. The second kappa shape index (κ2) is 60.1. The zero-order valence-electron chi connectivity index (χ0n) is 62.5. The molecule has 15 nitrogen and oxygen atoms in total. The van der Waals surface area contributed by atoms with Gasteiger partial charge < -0.3 is 68.1 Å². The van der Waals surface area contributed by atoms with Crippen molar-refractivity contribution in [2.75, 3.05) is 255 Å². The molecule has 0 atom stereocenters. The minimum absolute atomic E-state index is 0. The maximum absolute atomic E-state index is 5.10. The van der Waals surface area contributed by atoms with Crippen LogP contribution in [0.1, 0.15) is 184 Å². The smallest absolute Gasteiger partial charge is 0.0943 e. The van der Waals surface area contributed by atoms with Gasteiger partial charge in [-0.2, -0.15) is 0 Å². The van der Waals surface area contributed by atoms with E-state index in [4.69, 9.17) is 4.74 Å². The number of nitrogens with zero attached hydrogens (tertiary/aromatic N) is 14. The number of ether oxygens (including phenoxy) is 1. The Labute approximate surface area is 565 Å². The fourth-order valence-electron chi connectivity index (χ4n) is 11.6. The van der Waals surface area contributed by atoms with Crippen LogP contribution in [-0.2, 0) is 11.8 Å². The molecule has 0 N–H and O–H groups in total. The number of aromatic nitrogens is 2. The van der Waals surface area contributed by atoms with Crippen molar-refractivity contribution < 1.29 is 4.74 Å². The summed E-state index contributed by atoms with van der Waals surface area (Å²) in [5, 5.41) is 0. The van der Waals surface area contributed by atoms with Crippen LogP contribution in [0.25, 0.3) is 0 Å². The monoisotopic (exact) mass is 1280 g/mol. The highest BCUT2D eigenvalue weighted by atomic mass is 16.5. The Morgan fingerprint density at radius 3 is 0.533 bits per heavy atom. The molecule has 0 unspecified atom stereocenters. The molecule has 1 aromatic heterocycles. The number of hydrogen-bond acceptors (Lipinski definition) is 14. The first-order chi connectivity index (χ1) is 42.1. The first-order valence-electron chi connectivity index (χ1n) is 36.8. The number of likely N-dealkylation sites (tertiary alicyclic amines) is 9. The molecule has 0 bridgehead atoms. The van der Waals surface area contributed by atoms with Gasteiger partial charge in [0.05, 0.1) is 19.5 Å². The minimum Gasteiger partial charge on any atom is -0.379 e. The van der Waals surface area contributed by atoms with E-state index >= 15 is 0 Å². The molecule has 12 rings (SSSR count). The van der Waals surface area contributed by atoms with Crippen molar-refractivity contribution in [1.82, 2.24) is 68.3 Å². The van der Waals surface area contributed by atoms with Crippen LogP contribution in [-0.4, -0.2) is 323 Å². The molecule has 0 amide bonds. The van der Waals surface area contributed by atoms with Gasteiger partial charge in [-0.25, -0.2) is 4.98 Å².